The van der Waals surface area contributed by atoms with Crippen LogP contribution in [0, 0.1) is 0 Å². The van der Waals surface area contributed by atoms with Gasteiger partial charge in [0.1, 0.15) is 12.4 Å². The van der Waals surface area contributed by atoms with Gasteiger partial charge in [-0.1, -0.05) is 12.1 Å². The van der Waals surface area contributed by atoms with Crippen molar-refractivity contribution in [1.29, 1.82) is 0 Å². The molecule has 0 aromatic heterocycles. The topological polar surface area (TPSA) is 54.9 Å². The van der Waals surface area contributed by atoms with Crippen molar-refractivity contribution in [2.75, 3.05) is 33.9 Å². The molecule has 1 aromatic carbocycles. The number of guanidine groups is 1. The maximum absolute atomic E-state index is 12.1. The number of alkyl halides is 2. The number of benzene rings is 1. The molecule has 0 radical (unpaired) electrons. The molecular formula is C14H22F2IN3O2. The Morgan fingerprint density at radius 1 is 1.32 bits per heavy atom. The molecule has 8 heteroatoms. The summed E-state index contributed by atoms with van der Waals surface area (Å²) in [7, 11) is 3.30. The Hall–Kier alpha value is -1.16. The van der Waals surface area contributed by atoms with Crippen LogP contribution >= 0.6 is 24.0 Å². The first-order chi connectivity index (χ1) is 10.2. The van der Waals surface area contributed by atoms with Crippen molar-refractivity contribution in [3.63, 3.8) is 0 Å². The van der Waals surface area contributed by atoms with Crippen LogP contribution in [0.15, 0.2) is 29.3 Å². The molecule has 0 saturated heterocycles. The summed E-state index contributed by atoms with van der Waals surface area (Å²) in [5.41, 5.74) is 0.913. The first-order valence-electron chi connectivity index (χ1n) is 6.59. The molecule has 126 valence electrons. The molecule has 0 aliphatic carbocycles. The van der Waals surface area contributed by atoms with Gasteiger partial charge in [0, 0.05) is 27.2 Å². The summed E-state index contributed by atoms with van der Waals surface area (Å²) < 4.78 is 34.1. The molecule has 1 rings (SSSR count). The zero-order valence-electron chi connectivity index (χ0n) is 12.6. The van der Waals surface area contributed by atoms with Gasteiger partial charge < -0.3 is 20.1 Å². The molecule has 0 bridgehead atoms. The summed E-state index contributed by atoms with van der Waals surface area (Å²) in [5, 5.41) is 6.20. The Labute approximate surface area is 146 Å². The molecule has 0 aliphatic heterocycles. The van der Waals surface area contributed by atoms with Crippen molar-refractivity contribution in [1.82, 2.24) is 10.6 Å². The van der Waals surface area contributed by atoms with E-state index in [2.05, 4.69) is 15.6 Å². The van der Waals surface area contributed by atoms with Gasteiger partial charge in [0.15, 0.2) is 5.96 Å². The van der Waals surface area contributed by atoms with Gasteiger partial charge in [-0.25, -0.2) is 8.78 Å². The van der Waals surface area contributed by atoms with Crippen molar-refractivity contribution >= 4 is 29.9 Å². The fourth-order valence-electron chi connectivity index (χ4n) is 1.58. The molecule has 0 amide bonds. The number of nitrogens with one attached hydrogen (secondary N) is 2. The minimum Gasteiger partial charge on any atom is -0.488 e. The highest BCUT2D eigenvalue weighted by atomic mass is 127. The molecule has 2 N–H and O–H groups in total. The number of hydrogen-bond acceptors (Lipinski definition) is 3. The highest BCUT2D eigenvalue weighted by Gasteiger charge is 2.04. The second-order valence-corrected chi connectivity index (χ2v) is 4.19. The number of ether oxygens (including phenoxy) is 2. The third-order valence-corrected chi connectivity index (χ3v) is 2.56. The number of halogens is 3. The summed E-state index contributed by atoms with van der Waals surface area (Å²) >= 11 is 0. The summed E-state index contributed by atoms with van der Waals surface area (Å²) in [5.74, 6) is 1.07. The largest absolute Gasteiger partial charge is 0.488 e. The fourth-order valence-corrected chi connectivity index (χ4v) is 1.58. The number of methoxy groups -OCH3 is 1. The van der Waals surface area contributed by atoms with E-state index >= 15 is 0 Å². The van der Waals surface area contributed by atoms with Crippen LogP contribution in [-0.2, 0) is 11.3 Å². The zero-order valence-corrected chi connectivity index (χ0v) is 15.0. The summed E-state index contributed by atoms with van der Waals surface area (Å²) in [4.78, 5) is 4.07. The van der Waals surface area contributed by atoms with Crippen LogP contribution in [0.5, 0.6) is 5.75 Å². The zero-order chi connectivity index (χ0) is 15.5. The van der Waals surface area contributed by atoms with Crippen molar-refractivity contribution in [3.8, 4) is 5.75 Å². The fraction of sp³-hybridized carbons (Fsp3) is 0.500. The molecule has 0 atom stereocenters. The minimum atomic E-state index is -2.48. The Balaban J connectivity index is 0.00000441. The Bertz CT molecular complexity index is 448. The first-order valence-corrected chi connectivity index (χ1v) is 6.59. The van der Waals surface area contributed by atoms with E-state index in [9.17, 15) is 8.78 Å². The standard InChI is InChI=1S/C14H21F2N3O2.HI/c1-17-14(18-6-7-20-2)19-9-11-4-3-5-12(8-11)21-10-13(15)16;/h3-5,8,13H,6-7,9-10H2,1-2H3,(H2,17,18,19);1H. The monoisotopic (exact) mass is 429 g/mol. The highest BCUT2D eigenvalue weighted by molar-refractivity contribution is 14.0. The Morgan fingerprint density at radius 2 is 2.09 bits per heavy atom. The average molecular weight is 429 g/mol. The molecule has 0 fully saturated rings. The molecule has 0 spiro atoms. The van der Waals surface area contributed by atoms with Gasteiger partial charge in [-0.05, 0) is 17.7 Å². The van der Waals surface area contributed by atoms with Crippen molar-refractivity contribution in [3.05, 3.63) is 29.8 Å². The first kappa shape index (κ1) is 20.8. The van der Waals surface area contributed by atoms with Gasteiger partial charge in [0.05, 0.1) is 6.61 Å². The van der Waals surface area contributed by atoms with E-state index in [1.165, 1.54) is 0 Å². The van der Waals surface area contributed by atoms with Crippen LogP contribution in [0.4, 0.5) is 8.78 Å². The second-order valence-electron chi connectivity index (χ2n) is 4.19. The van der Waals surface area contributed by atoms with E-state index < -0.39 is 13.0 Å². The van der Waals surface area contributed by atoms with Gasteiger partial charge in [0.25, 0.3) is 6.43 Å². The van der Waals surface area contributed by atoms with E-state index in [4.69, 9.17) is 9.47 Å². The van der Waals surface area contributed by atoms with Gasteiger partial charge in [-0.3, -0.25) is 4.99 Å². The number of hydrogen-bond donors (Lipinski definition) is 2. The average Bonchev–Trinajstić information content (AvgIpc) is 2.49. The smallest absolute Gasteiger partial charge is 0.272 e. The molecule has 1 aromatic rings. The van der Waals surface area contributed by atoms with E-state index in [1.54, 1.807) is 32.4 Å². The predicted molar refractivity (Wildman–Crippen MR) is 93.4 cm³/mol. The molecule has 0 aliphatic rings. The van der Waals surface area contributed by atoms with E-state index in [1.807, 2.05) is 6.07 Å². The predicted octanol–water partition coefficient (Wildman–Crippen LogP) is 2.26. The van der Waals surface area contributed by atoms with Crippen LogP contribution in [-0.4, -0.2) is 46.3 Å². The van der Waals surface area contributed by atoms with Crippen molar-refractivity contribution in [2.45, 2.75) is 13.0 Å². The maximum atomic E-state index is 12.1. The third-order valence-electron chi connectivity index (χ3n) is 2.56. The third kappa shape index (κ3) is 8.98. The van der Waals surface area contributed by atoms with Gasteiger partial charge in [-0.15, -0.1) is 24.0 Å². The van der Waals surface area contributed by atoms with Gasteiger partial charge in [-0.2, -0.15) is 0 Å². The molecular weight excluding hydrogens is 407 g/mol. The van der Waals surface area contributed by atoms with Crippen molar-refractivity contribution in [2.24, 2.45) is 4.99 Å². The number of aliphatic imine (C=N–C) groups is 1. The quantitative estimate of drug-likeness (QED) is 0.288. The van der Waals surface area contributed by atoms with Crippen LogP contribution in [0.2, 0.25) is 0 Å². The van der Waals surface area contributed by atoms with Gasteiger partial charge in [0.2, 0.25) is 0 Å². The van der Waals surface area contributed by atoms with Crippen LogP contribution in [0.1, 0.15) is 5.56 Å². The van der Waals surface area contributed by atoms with Crippen molar-refractivity contribution < 1.29 is 18.3 Å². The maximum Gasteiger partial charge on any atom is 0.272 e. The SMILES string of the molecule is CN=C(NCCOC)NCc1cccc(OCC(F)F)c1.I. The van der Waals surface area contributed by atoms with Crippen LogP contribution < -0.4 is 15.4 Å². The summed E-state index contributed by atoms with van der Waals surface area (Å²) in [6.07, 6.45) is -2.48. The number of nitrogens with zero attached hydrogens (tertiary/aromatic N) is 1. The lowest BCUT2D eigenvalue weighted by molar-refractivity contribution is 0.0818. The highest BCUT2D eigenvalue weighted by Crippen LogP contribution is 2.14. The van der Waals surface area contributed by atoms with E-state index in [0.717, 1.165) is 5.56 Å². The van der Waals surface area contributed by atoms with Crippen LogP contribution in [0.3, 0.4) is 0 Å². The summed E-state index contributed by atoms with van der Waals surface area (Å²) in [6.45, 7) is 1.14. The van der Waals surface area contributed by atoms with Gasteiger partial charge >= 0.3 is 0 Å². The molecule has 22 heavy (non-hydrogen) atoms. The lowest BCUT2D eigenvalue weighted by Crippen LogP contribution is -2.38. The number of rotatable bonds is 8. The lowest BCUT2D eigenvalue weighted by Gasteiger charge is -2.12. The lowest BCUT2D eigenvalue weighted by atomic mass is 10.2. The minimum absolute atomic E-state index is 0. The molecule has 0 heterocycles. The second kappa shape index (κ2) is 12.4. The molecule has 0 unspecified atom stereocenters. The van der Waals surface area contributed by atoms with E-state index in [-0.39, 0.29) is 24.0 Å². The Morgan fingerprint density at radius 3 is 2.73 bits per heavy atom. The Kier molecular flexibility index (Phi) is 11.7. The van der Waals surface area contributed by atoms with E-state index in [0.29, 0.717) is 31.4 Å². The summed E-state index contributed by atoms with van der Waals surface area (Å²) in [6, 6.07) is 7.01. The normalized spacial score (nSPS) is 11.0. The molecule has 0 saturated carbocycles. The van der Waals surface area contributed by atoms with Crippen LogP contribution in [0.25, 0.3) is 0 Å². The molecule has 5 nitrogen and oxygen atoms in total.